The van der Waals surface area contributed by atoms with Crippen LogP contribution in [0.25, 0.3) is 0 Å². The van der Waals surface area contributed by atoms with Gasteiger partial charge in [0, 0.05) is 11.6 Å². The van der Waals surface area contributed by atoms with E-state index in [0.29, 0.717) is 11.3 Å². The molecule has 26 heavy (non-hydrogen) atoms. The van der Waals surface area contributed by atoms with Crippen molar-refractivity contribution in [3.05, 3.63) is 41.0 Å². The quantitative estimate of drug-likeness (QED) is 0.321. The van der Waals surface area contributed by atoms with Gasteiger partial charge in [0.05, 0.1) is 26.2 Å². The molecule has 1 aliphatic heterocycles. The molecule has 1 aliphatic rings. The molecule has 0 aliphatic carbocycles. The summed E-state index contributed by atoms with van der Waals surface area (Å²) in [7, 11) is 2.83. The lowest BCUT2D eigenvalue weighted by molar-refractivity contribution is 0.0365. The number of rotatable bonds is 5. The molecule has 0 saturated carbocycles. The van der Waals surface area contributed by atoms with Gasteiger partial charge in [-0.1, -0.05) is 6.07 Å². The molecule has 3 N–H and O–H groups in total. The first-order valence-electron chi connectivity index (χ1n) is 7.61. The standard InChI is InChI=1S/C18H16O8/c1-24-14-4-3-8-15(26-18(23)16(8)17(14)25-2)7-11(20)9-5-12(21)13(22)6-10(9)19/h3-6,15,19,21-22H,7H2,1-2H3. The number of carbonyl (C=O) groups is 2. The highest BCUT2D eigenvalue weighted by Crippen LogP contribution is 2.44. The predicted molar refractivity (Wildman–Crippen MR) is 88.1 cm³/mol. The number of hydrogen-bond acceptors (Lipinski definition) is 8. The second-order valence-corrected chi connectivity index (χ2v) is 5.64. The topological polar surface area (TPSA) is 123 Å². The van der Waals surface area contributed by atoms with E-state index in [-0.39, 0.29) is 23.3 Å². The molecule has 8 nitrogen and oxygen atoms in total. The van der Waals surface area contributed by atoms with Crippen molar-refractivity contribution in [2.45, 2.75) is 12.5 Å². The number of carbonyl (C=O) groups excluding carboxylic acids is 2. The van der Waals surface area contributed by atoms with Crippen molar-refractivity contribution >= 4 is 11.8 Å². The Morgan fingerprint density at radius 1 is 1.08 bits per heavy atom. The van der Waals surface area contributed by atoms with Crippen molar-refractivity contribution in [2.75, 3.05) is 14.2 Å². The third-order valence-corrected chi connectivity index (χ3v) is 4.14. The maximum Gasteiger partial charge on any atom is 0.343 e. The van der Waals surface area contributed by atoms with Gasteiger partial charge in [-0.3, -0.25) is 4.79 Å². The lowest BCUT2D eigenvalue weighted by Crippen LogP contribution is -2.08. The first-order valence-corrected chi connectivity index (χ1v) is 7.61. The molecule has 0 fully saturated rings. The van der Waals surface area contributed by atoms with Crippen LogP contribution in [0.3, 0.4) is 0 Å². The van der Waals surface area contributed by atoms with E-state index in [9.17, 15) is 24.9 Å². The Kier molecular flexibility index (Phi) is 4.33. The summed E-state index contributed by atoms with van der Waals surface area (Å²) >= 11 is 0. The Balaban J connectivity index is 1.94. The van der Waals surface area contributed by atoms with E-state index >= 15 is 0 Å². The number of phenols is 3. The largest absolute Gasteiger partial charge is 0.507 e. The second-order valence-electron chi connectivity index (χ2n) is 5.64. The van der Waals surface area contributed by atoms with Gasteiger partial charge in [0.2, 0.25) is 0 Å². The van der Waals surface area contributed by atoms with Gasteiger partial charge in [-0.2, -0.15) is 0 Å². The van der Waals surface area contributed by atoms with Gasteiger partial charge in [-0.05, 0) is 12.1 Å². The van der Waals surface area contributed by atoms with E-state index in [1.54, 1.807) is 12.1 Å². The van der Waals surface area contributed by atoms with Crippen LogP contribution in [0.5, 0.6) is 28.7 Å². The van der Waals surface area contributed by atoms with Crippen LogP contribution < -0.4 is 9.47 Å². The number of benzene rings is 2. The summed E-state index contributed by atoms with van der Waals surface area (Å²) in [5, 5.41) is 28.7. The fourth-order valence-electron chi connectivity index (χ4n) is 2.89. The Hall–Kier alpha value is -3.42. The molecule has 136 valence electrons. The molecule has 0 bridgehead atoms. The summed E-state index contributed by atoms with van der Waals surface area (Å²) in [6.45, 7) is 0. The second kappa shape index (κ2) is 6.47. The van der Waals surface area contributed by atoms with E-state index in [1.807, 2.05) is 0 Å². The third kappa shape index (κ3) is 2.75. The molecule has 2 aromatic rings. The molecule has 0 spiro atoms. The van der Waals surface area contributed by atoms with Crippen LogP contribution in [0.15, 0.2) is 24.3 Å². The molecule has 2 aromatic carbocycles. The number of aromatic hydroxyl groups is 3. The van der Waals surface area contributed by atoms with Crippen molar-refractivity contribution in [1.29, 1.82) is 0 Å². The molecule has 1 heterocycles. The number of ether oxygens (including phenoxy) is 3. The Bertz CT molecular complexity index is 903. The minimum atomic E-state index is -0.875. The number of Topliss-reactive ketones (excluding diaryl/α,β-unsaturated/α-hetero) is 1. The average Bonchev–Trinajstić information content (AvgIpc) is 2.92. The molecule has 0 amide bonds. The molecule has 8 heteroatoms. The number of fused-ring (bicyclic) bond motifs is 1. The van der Waals surface area contributed by atoms with Crippen molar-refractivity contribution in [3.8, 4) is 28.7 Å². The van der Waals surface area contributed by atoms with Crippen LogP contribution in [0, 0.1) is 0 Å². The molecular formula is C18H16O8. The highest BCUT2D eigenvalue weighted by atomic mass is 16.6. The van der Waals surface area contributed by atoms with Crippen LogP contribution in [0.1, 0.15) is 38.8 Å². The summed E-state index contributed by atoms with van der Waals surface area (Å²) < 4.78 is 15.6. The minimum absolute atomic E-state index is 0.183. The van der Waals surface area contributed by atoms with Gasteiger partial charge >= 0.3 is 5.97 Å². The maximum absolute atomic E-state index is 12.5. The zero-order valence-electron chi connectivity index (χ0n) is 14.0. The van der Waals surface area contributed by atoms with Gasteiger partial charge in [0.1, 0.15) is 17.4 Å². The Labute approximate surface area is 148 Å². The lowest BCUT2D eigenvalue weighted by Gasteiger charge is -2.12. The molecular weight excluding hydrogens is 344 g/mol. The number of ketones is 1. The van der Waals surface area contributed by atoms with Crippen LogP contribution in [-0.2, 0) is 4.74 Å². The summed E-state index contributed by atoms with van der Waals surface area (Å²) in [6.07, 6.45) is -1.13. The molecule has 0 aromatic heterocycles. The van der Waals surface area contributed by atoms with Crippen LogP contribution in [0.4, 0.5) is 0 Å². The van der Waals surface area contributed by atoms with Gasteiger partial charge in [0.25, 0.3) is 0 Å². The summed E-state index contributed by atoms with van der Waals surface area (Å²) in [5.41, 5.74) is 0.455. The summed E-state index contributed by atoms with van der Waals surface area (Å²) in [4.78, 5) is 24.7. The first-order chi connectivity index (χ1) is 12.4. The van der Waals surface area contributed by atoms with Crippen LogP contribution in [-0.4, -0.2) is 41.3 Å². The first kappa shape index (κ1) is 17.4. The normalized spacial score (nSPS) is 15.3. The SMILES string of the molecule is COc1ccc2c(c1OC)C(=O)OC2CC(=O)c1cc(O)c(O)cc1O. The number of hydrogen-bond donors (Lipinski definition) is 3. The van der Waals surface area contributed by atoms with E-state index < -0.39 is 35.1 Å². The molecule has 0 radical (unpaired) electrons. The maximum atomic E-state index is 12.5. The molecule has 0 saturated heterocycles. The zero-order valence-corrected chi connectivity index (χ0v) is 14.0. The van der Waals surface area contributed by atoms with Gasteiger partial charge < -0.3 is 29.5 Å². The number of cyclic esters (lactones) is 1. The fraction of sp³-hybridized carbons (Fsp3) is 0.222. The monoisotopic (exact) mass is 360 g/mol. The molecule has 1 atom stereocenters. The van der Waals surface area contributed by atoms with Crippen LogP contribution in [0.2, 0.25) is 0 Å². The Morgan fingerprint density at radius 3 is 2.42 bits per heavy atom. The molecule has 1 unspecified atom stereocenters. The van der Waals surface area contributed by atoms with Crippen molar-refractivity contribution in [1.82, 2.24) is 0 Å². The van der Waals surface area contributed by atoms with E-state index in [1.165, 1.54) is 14.2 Å². The minimum Gasteiger partial charge on any atom is -0.507 e. The van der Waals surface area contributed by atoms with E-state index in [4.69, 9.17) is 14.2 Å². The number of methoxy groups -OCH3 is 2. The Morgan fingerprint density at radius 2 is 1.77 bits per heavy atom. The third-order valence-electron chi connectivity index (χ3n) is 4.14. The average molecular weight is 360 g/mol. The fourth-order valence-corrected chi connectivity index (χ4v) is 2.89. The smallest absolute Gasteiger partial charge is 0.343 e. The molecule has 3 rings (SSSR count). The van der Waals surface area contributed by atoms with E-state index in [0.717, 1.165) is 12.1 Å². The van der Waals surface area contributed by atoms with Gasteiger partial charge in [-0.25, -0.2) is 4.79 Å². The van der Waals surface area contributed by atoms with Crippen molar-refractivity contribution in [2.24, 2.45) is 0 Å². The van der Waals surface area contributed by atoms with Crippen molar-refractivity contribution in [3.63, 3.8) is 0 Å². The van der Waals surface area contributed by atoms with Gasteiger partial charge in [0.15, 0.2) is 28.8 Å². The zero-order chi connectivity index (χ0) is 19.0. The van der Waals surface area contributed by atoms with Crippen molar-refractivity contribution < 1.29 is 39.1 Å². The van der Waals surface area contributed by atoms with Crippen LogP contribution >= 0.6 is 0 Å². The highest BCUT2D eigenvalue weighted by Gasteiger charge is 2.37. The lowest BCUT2D eigenvalue weighted by atomic mass is 9.97. The predicted octanol–water partition coefficient (Wildman–Crippen LogP) is 2.31. The highest BCUT2D eigenvalue weighted by molar-refractivity contribution is 6.02. The summed E-state index contributed by atoms with van der Waals surface area (Å²) in [6, 6.07) is 5.03. The number of phenolic OH excluding ortho intramolecular Hbond substituents is 3. The summed E-state index contributed by atoms with van der Waals surface area (Å²) in [5.74, 6) is -2.21. The van der Waals surface area contributed by atoms with E-state index in [2.05, 4.69) is 0 Å². The van der Waals surface area contributed by atoms with Gasteiger partial charge in [-0.15, -0.1) is 0 Å². The number of esters is 1.